The molecule has 0 atom stereocenters. The number of hydrogen-bond donors (Lipinski definition) is 2. The largest absolute Gasteiger partial charge is 0.497 e. The van der Waals surface area contributed by atoms with Gasteiger partial charge < -0.3 is 15.2 Å². The summed E-state index contributed by atoms with van der Waals surface area (Å²) in [5.41, 5.74) is 1.38. The molecule has 2 rings (SSSR count). The van der Waals surface area contributed by atoms with Crippen molar-refractivity contribution < 1.29 is 9.84 Å². The van der Waals surface area contributed by atoms with Gasteiger partial charge in [-0.25, -0.2) is 0 Å². The third kappa shape index (κ3) is 3.20. The first-order valence-corrected chi connectivity index (χ1v) is 6.31. The lowest BCUT2D eigenvalue weighted by Crippen LogP contribution is -2.40. The monoisotopic (exact) mass is 235 g/mol. The molecule has 1 fully saturated rings. The van der Waals surface area contributed by atoms with Crippen LogP contribution in [0.3, 0.4) is 0 Å². The maximum atomic E-state index is 8.70. The van der Waals surface area contributed by atoms with Gasteiger partial charge in [0.15, 0.2) is 0 Å². The van der Waals surface area contributed by atoms with Crippen LogP contribution in [0.4, 0.5) is 0 Å². The molecule has 0 amide bonds. The third-order valence-electron chi connectivity index (χ3n) is 3.47. The summed E-state index contributed by atoms with van der Waals surface area (Å²) in [6, 6.07) is 8.98. The van der Waals surface area contributed by atoms with Crippen LogP contribution in [0.1, 0.15) is 30.7 Å². The second-order valence-electron chi connectivity index (χ2n) is 4.67. The molecule has 1 aromatic carbocycles. The Morgan fingerprint density at radius 1 is 1.41 bits per heavy atom. The molecule has 0 saturated heterocycles. The quantitative estimate of drug-likeness (QED) is 0.740. The van der Waals surface area contributed by atoms with Crippen molar-refractivity contribution in [1.82, 2.24) is 5.32 Å². The summed E-state index contributed by atoms with van der Waals surface area (Å²) in [5, 5.41) is 12.2. The standard InChI is InChI=1S/C14H21NO2/c1-17-14-5-2-4-11(10-14)12-8-13(9-12)15-6-3-7-16/h2,4-5,10,12-13,15-16H,3,6-9H2,1H3. The van der Waals surface area contributed by atoms with Crippen molar-refractivity contribution in [2.24, 2.45) is 0 Å². The highest BCUT2D eigenvalue weighted by molar-refractivity contribution is 5.32. The van der Waals surface area contributed by atoms with Crippen LogP contribution in [0.5, 0.6) is 5.75 Å². The smallest absolute Gasteiger partial charge is 0.119 e. The molecule has 94 valence electrons. The van der Waals surface area contributed by atoms with E-state index in [9.17, 15) is 0 Å². The topological polar surface area (TPSA) is 41.5 Å². The molecular weight excluding hydrogens is 214 g/mol. The SMILES string of the molecule is COc1cccc(C2CC(NCCCO)C2)c1. The number of hydrogen-bond acceptors (Lipinski definition) is 3. The van der Waals surface area contributed by atoms with Gasteiger partial charge in [0.1, 0.15) is 5.75 Å². The number of aliphatic hydroxyl groups excluding tert-OH is 1. The van der Waals surface area contributed by atoms with Crippen molar-refractivity contribution in [1.29, 1.82) is 0 Å². The summed E-state index contributed by atoms with van der Waals surface area (Å²) in [4.78, 5) is 0. The molecule has 0 unspecified atom stereocenters. The first kappa shape index (κ1) is 12.4. The van der Waals surface area contributed by atoms with E-state index in [0.29, 0.717) is 12.0 Å². The maximum Gasteiger partial charge on any atom is 0.119 e. The first-order valence-electron chi connectivity index (χ1n) is 6.31. The van der Waals surface area contributed by atoms with E-state index in [1.54, 1.807) is 7.11 Å². The number of aliphatic hydroxyl groups is 1. The minimum absolute atomic E-state index is 0.277. The predicted molar refractivity (Wildman–Crippen MR) is 68.5 cm³/mol. The molecule has 1 aromatic rings. The molecule has 0 heterocycles. The van der Waals surface area contributed by atoms with Crippen molar-refractivity contribution in [3.63, 3.8) is 0 Å². The summed E-state index contributed by atoms with van der Waals surface area (Å²) < 4.78 is 5.24. The summed E-state index contributed by atoms with van der Waals surface area (Å²) in [5.74, 6) is 1.61. The van der Waals surface area contributed by atoms with Crippen molar-refractivity contribution >= 4 is 0 Å². The predicted octanol–water partition coefficient (Wildman–Crippen LogP) is 1.91. The van der Waals surface area contributed by atoms with Crippen molar-refractivity contribution in [2.45, 2.75) is 31.2 Å². The lowest BCUT2D eigenvalue weighted by Gasteiger charge is -2.36. The van der Waals surface area contributed by atoms with Crippen LogP contribution < -0.4 is 10.1 Å². The Bertz CT molecular complexity index is 348. The summed E-state index contributed by atoms with van der Waals surface area (Å²) in [7, 11) is 1.71. The fraction of sp³-hybridized carbons (Fsp3) is 0.571. The maximum absolute atomic E-state index is 8.70. The number of methoxy groups -OCH3 is 1. The Labute approximate surface area is 103 Å². The van der Waals surface area contributed by atoms with Gasteiger partial charge in [0, 0.05) is 12.6 Å². The van der Waals surface area contributed by atoms with E-state index in [1.807, 2.05) is 6.07 Å². The Morgan fingerprint density at radius 2 is 2.24 bits per heavy atom. The van der Waals surface area contributed by atoms with Gasteiger partial charge in [0.25, 0.3) is 0 Å². The molecule has 1 aliphatic carbocycles. The van der Waals surface area contributed by atoms with E-state index in [2.05, 4.69) is 23.5 Å². The highest BCUT2D eigenvalue weighted by Crippen LogP contribution is 2.37. The second kappa shape index (κ2) is 6.03. The van der Waals surface area contributed by atoms with Gasteiger partial charge in [-0.15, -0.1) is 0 Å². The van der Waals surface area contributed by atoms with Crippen molar-refractivity contribution in [2.75, 3.05) is 20.3 Å². The minimum Gasteiger partial charge on any atom is -0.497 e. The molecule has 0 aromatic heterocycles. The van der Waals surface area contributed by atoms with Crippen LogP contribution in [0.25, 0.3) is 0 Å². The molecule has 2 N–H and O–H groups in total. The van der Waals surface area contributed by atoms with Crippen LogP contribution in [0.2, 0.25) is 0 Å². The van der Waals surface area contributed by atoms with Crippen LogP contribution in [0.15, 0.2) is 24.3 Å². The first-order chi connectivity index (χ1) is 8.33. The number of nitrogens with one attached hydrogen (secondary N) is 1. The van der Waals surface area contributed by atoms with Gasteiger partial charge in [-0.2, -0.15) is 0 Å². The molecule has 1 saturated carbocycles. The van der Waals surface area contributed by atoms with E-state index in [4.69, 9.17) is 9.84 Å². The molecule has 1 aliphatic rings. The Hall–Kier alpha value is -1.06. The molecule has 17 heavy (non-hydrogen) atoms. The second-order valence-corrected chi connectivity index (χ2v) is 4.67. The highest BCUT2D eigenvalue weighted by Gasteiger charge is 2.29. The zero-order valence-electron chi connectivity index (χ0n) is 10.4. The average molecular weight is 235 g/mol. The minimum atomic E-state index is 0.277. The Balaban J connectivity index is 1.78. The lowest BCUT2D eigenvalue weighted by atomic mass is 9.76. The highest BCUT2D eigenvalue weighted by atomic mass is 16.5. The van der Waals surface area contributed by atoms with E-state index >= 15 is 0 Å². The zero-order chi connectivity index (χ0) is 12.1. The molecule has 0 radical (unpaired) electrons. The fourth-order valence-electron chi connectivity index (χ4n) is 2.34. The average Bonchev–Trinajstić information content (AvgIpc) is 2.32. The zero-order valence-corrected chi connectivity index (χ0v) is 10.4. The fourth-order valence-corrected chi connectivity index (χ4v) is 2.34. The van der Waals surface area contributed by atoms with Gasteiger partial charge in [-0.05, 0) is 49.4 Å². The van der Waals surface area contributed by atoms with E-state index in [0.717, 1.165) is 18.7 Å². The summed E-state index contributed by atoms with van der Waals surface area (Å²) >= 11 is 0. The van der Waals surface area contributed by atoms with Gasteiger partial charge in [0.2, 0.25) is 0 Å². The van der Waals surface area contributed by atoms with Crippen LogP contribution in [-0.4, -0.2) is 31.4 Å². The van der Waals surface area contributed by atoms with Crippen LogP contribution >= 0.6 is 0 Å². The van der Waals surface area contributed by atoms with Gasteiger partial charge in [0.05, 0.1) is 7.11 Å². The molecular formula is C14H21NO2. The van der Waals surface area contributed by atoms with Crippen LogP contribution in [0, 0.1) is 0 Å². The molecule has 3 nitrogen and oxygen atoms in total. The third-order valence-corrected chi connectivity index (χ3v) is 3.47. The molecule has 3 heteroatoms. The Morgan fingerprint density at radius 3 is 2.94 bits per heavy atom. The van der Waals surface area contributed by atoms with Crippen molar-refractivity contribution in [3.8, 4) is 5.75 Å². The number of rotatable bonds is 6. The lowest BCUT2D eigenvalue weighted by molar-refractivity contribution is 0.258. The molecule has 0 bridgehead atoms. The van der Waals surface area contributed by atoms with Gasteiger partial charge >= 0.3 is 0 Å². The number of benzene rings is 1. The van der Waals surface area contributed by atoms with Crippen molar-refractivity contribution in [3.05, 3.63) is 29.8 Å². The van der Waals surface area contributed by atoms with E-state index in [-0.39, 0.29) is 6.61 Å². The molecule has 0 aliphatic heterocycles. The normalized spacial score (nSPS) is 23.2. The van der Waals surface area contributed by atoms with Gasteiger partial charge in [-0.1, -0.05) is 12.1 Å². The summed E-state index contributed by atoms with van der Waals surface area (Å²) in [6.07, 6.45) is 3.23. The molecule has 0 spiro atoms. The van der Waals surface area contributed by atoms with E-state index in [1.165, 1.54) is 18.4 Å². The summed E-state index contributed by atoms with van der Waals surface area (Å²) in [6.45, 7) is 1.20. The number of ether oxygens (including phenoxy) is 1. The van der Waals surface area contributed by atoms with Gasteiger partial charge in [-0.3, -0.25) is 0 Å². The van der Waals surface area contributed by atoms with Crippen LogP contribution in [-0.2, 0) is 0 Å². The Kier molecular flexibility index (Phi) is 4.40. The van der Waals surface area contributed by atoms with E-state index < -0.39 is 0 Å².